The van der Waals surface area contributed by atoms with Gasteiger partial charge in [-0.05, 0) is 53.9 Å². The van der Waals surface area contributed by atoms with Crippen molar-refractivity contribution in [1.29, 1.82) is 0 Å². The summed E-state index contributed by atoms with van der Waals surface area (Å²) in [6.45, 7) is 1.10. The molecule has 232 valence electrons. The lowest BCUT2D eigenvalue weighted by atomic mass is 10.1. The molecule has 0 aliphatic rings. The third-order valence-corrected chi connectivity index (χ3v) is 7.50. The number of aromatic hydroxyl groups is 3. The molecule has 0 saturated carbocycles. The summed E-state index contributed by atoms with van der Waals surface area (Å²) >= 11 is 1.18. The van der Waals surface area contributed by atoms with Crippen LogP contribution in [-0.2, 0) is 33.7 Å². The van der Waals surface area contributed by atoms with Gasteiger partial charge in [-0.1, -0.05) is 16.1 Å². The molecule has 8 N–H and O–H groups in total. The summed E-state index contributed by atoms with van der Waals surface area (Å²) in [5.74, 6) is -1.97. The molecule has 44 heavy (non-hydrogen) atoms. The Hall–Kier alpha value is -4.22. The third-order valence-electron chi connectivity index (χ3n) is 5.53. The van der Waals surface area contributed by atoms with E-state index in [1.807, 2.05) is 0 Å². The Labute approximate surface area is 255 Å². The summed E-state index contributed by atoms with van der Waals surface area (Å²) < 4.78 is 42.2. The highest BCUT2D eigenvalue weighted by molar-refractivity contribution is 7.94. The first-order valence-corrected chi connectivity index (χ1v) is 14.6. The summed E-state index contributed by atoms with van der Waals surface area (Å²) in [6, 6.07) is 11.6. The van der Waals surface area contributed by atoms with E-state index in [2.05, 4.69) is 39.6 Å². The van der Waals surface area contributed by atoms with Crippen LogP contribution in [0.1, 0.15) is 6.92 Å². The Bertz CT molecular complexity index is 1860. The van der Waals surface area contributed by atoms with Crippen molar-refractivity contribution in [2.24, 2.45) is 10.2 Å². The van der Waals surface area contributed by atoms with Gasteiger partial charge >= 0.3 is 0 Å². The summed E-state index contributed by atoms with van der Waals surface area (Å²) in [6.07, 6.45) is 0. The number of nitrogens with one attached hydrogen (secondary N) is 2. The van der Waals surface area contributed by atoms with Gasteiger partial charge in [-0.3, -0.25) is 9.35 Å². The summed E-state index contributed by atoms with van der Waals surface area (Å²) in [4.78, 5) is 11.6. The smallest absolute Gasteiger partial charge is 0.294 e. The predicted octanol–water partition coefficient (Wildman–Crippen LogP) is 6.18. The second kappa shape index (κ2) is 14.0. The molecule has 4 rings (SSSR count). The Morgan fingerprint density at radius 1 is 0.818 bits per heavy atom. The Morgan fingerprint density at radius 3 is 2.18 bits per heavy atom. The van der Waals surface area contributed by atoms with Crippen molar-refractivity contribution in [3.05, 3.63) is 54.6 Å². The van der Waals surface area contributed by atoms with Crippen LogP contribution in [0, 0.1) is 0 Å². The molecule has 0 fully saturated rings. The average Bonchev–Trinajstić information content (AvgIpc) is 2.96. The van der Waals surface area contributed by atoms with Crippen molar-refractivity contribution in [2.75, 3.05) is 10.6 Å². The van der Waals surface area contributed by atoms with Gasteiger partial charge in [0.15, 0.2) is 5.75 Å². The van der Waals surface area contributed by atoms with Gasteiger partial charge in [0.2, 0.25) is 5.91 Å². The lowest BCUT2D eigenvalue weighted by molar-refractivity contribution is -0.432. The molecular formula is C24H20N4O13S3. The molecule has 20 heteroatoms. The van der Waals surface area contributed by atoms with Gasteiger partial charge in [-0.25, -0.2) is 10.5 Å². The normalized spacial score (nSPS) is 11.7. The number of hydrogen-bond donors (Lipinski definition) is 8. The van der Waals surface area contributed by atoms with Crippen LogP contribution >= 0.6 is 24.1 Å². The molecule has 0 spiro atoms. The number of benzene rings is 4. The van der Waals surface area contributed by atoms with Crippen LogP contribution in [0.2, 0.25) is 0 Å². The number of azo groups is 1. The van der Waals surface area contributed by atoms with E-state index >= 15 is 0 Å². The molecule has 0 unspecified atom stereocenters. The number of hydrogen-bond acceptors (Lipinski definition) is 17. The number of carbonyl (C=O) groups is 1. The largest absolute Gasteiger partial charge is 0.507 e. The third kappa shape index (κ3) is 7.83. The van der Waals surface area contributed by atoms with Crippen molar-refractivity contribution in [2.45, 2.75) is 21.6 Å². The van der Waals surface area contributed by atoms with Crippen molar-refractivity contribution in [3.8, 4) is 17.2 Å². The molecule has 0 aliphatic carbocycles. The highest BCUT2D eigenvalue weighted by Gasteiger charge is 2.20. The van der Waals surface area contributed by atoms with Gasteiger partial charge < -0.3 is 26.0 Å². The molecule has 0 aliphatic heterocycles. The van der Waals surface area contributed by atoms with Gasteiger partial charge in [0.05, 0.1) is 51.4 Å². The molecular weight excluding hydrogens is 648 g/mol. The fourth-order valence-electron chi connectivity index (χ4n) is 3.78. The number of rotatable bonds is 12. The predicted molar refractivity (Wildman–Crippen MR) is 155 cm³/mol. The van der Waals surface area contributed by atoms with Crippen molar-refractivity contribution in [1.82, 2.24) is 0 Å². The standard InChI is InChI=1S/C24H20N4O13S3/c1-11(29)25-18-9-15(44(35,36)37)10-19(24(18)32)27-28-23-16(26-17-7-13(42-40-38-33)3-5-20(17)30)4-2-12-6-14(43-41-39-34)8-21(31)22(12)23/h2-10,26,30-34H,1H3,(H,25,29)(H,35,36,37). The molecule has 0 atom stereocenters. The Kier molecular flexibility index (Phi) is 10.4. The van der Waals surface area contributed by atoms with Crippen LogP contribution in [0.4, 0.5) is 28.4 Å². The van der Waals surface area contributed by atoms with Crippen molar-refractivity contribution >= 4 is 79.3 Å². The zero-order valence-electron chi connectivity index (χ0n) is 21.9. The summed E-state index contributed by atoms with van der Waals surface area (Å²) in [5.41, 5.74) is -0.759. The maximum absolute atomic E-state index is 11.9. The average molecular weight is 669 g/mol. The number of phenols is 3. The van der Waals surface area contributed by atoms with Gasteiger partial charge in [-0.2, -0.15) is 8.42 Å². The number of carbonyl (C=O) groups excluding carboxylic acids is 1. The van der Waals surface area contributed by atoms with E-state index in [0.717, 1.165) is 19.1 Å². The molecule has 0 heterocycles. The van der Waals surface area contributed by atoms with E-state index < -0.39 is 32.4 Å². The fourth-order valence-corrected chi connectivity index (χ4v) is 5.15. The molecule has 4 aromatic carbocycles. The van der Waals surface area contributed by atoms with Crippen LogP contribution in [-0.4, -0.2) is 44.7 Å². The first kappa shape index (κ1) is 32.7. The number of nitrogens with zero attached hydrogens (tertiary/aromatic N) is 2. The minimum atomic E-state index is -4.82. The molecule has 4 aromatic rings. The fraction of sp³-hybridized carbons (Fsp3) is 0.0417. The zero-order valence-corrected chi connectivity index (χ0v) is 24.3. The molecule has 0 bridgehead atoms. The van der Waals surface area contributed by atoms with E-state index in [-0.39, 0.29) is 39.6 Å². The lowest BCUT2D eigenvalue weighted by Crippen LogP contribution is -2.07. The van der Waals surface area contributed by atoms with Gasteiger partial charge in [0.25, 0.3) is 10.1 Å². The molecule has 1 amide bonds. The number of amides is 1. The quantitative estimate of drug-likeness (QED) is 0.0209. The van der Waals surface area contributed by atoms with Crippen LogP contribution in [0.5, 0.6) is 17.2 Å². The van der Waals surface area contributed by atoms with Crippen LogP contribution < -0.4 is 10.6 Å². The molecule has 0 radical (unpaired) electrons. The van der Waals surface area contributed by atoms with E-state index in [1.54, 1.807) is 6.07 Å². The summed E-state index contributed by atoms with van der Waals surface area (Å²) in [7, 11) is -4.82. The van der Waals surface area contributed by atoms with Crippen molar-refractivity contribution < 1.29 is 62.3 Å². The molecule has 0 saturated heterocycles. The molecule has 17 nitrogen and oxygen atoms in total. The maximum Gasteiger partial charge on any atom is 0.294 e. The second-order valence-electron chi connectivity index (χ2n) is 8.45. The SMILES string of the molecule is CC(=O)Nc1cc(S(=O)(=O)O)cc(N=Nc2c(Nc3cc(SOOO)ccc3O)ccc3cc(SOOO)cc(O)c23)c1O. The first-order chi connectivity index (χ1) is 20.9. The number of fused-ring (bicyclic) bond motifs is 1. The van der Waals surface area contributed by atoms with Gasteiger partial charge in [-0.15, -0.1) is 18.9 Å². The topological polar surface area (TPSA) is 258 Å². The zero-order chi connectivity index (χ0) is 32.0. The van der Waals surface area contributed by atoms with E-state index in [0.29, 0.717) is 39.3 Å². The highest BCUT2D eigenvalue weighted by atomic mass is 32.2. The van der Waals surface area contributed by atoms with E-state index in [9.17, 15) is 33.1 Å². The Balaban J connectivity index is 1.91. The van der Waals surface area contributed by atoms with Crippen molar-refractivity contribution in [3.63, 3.8) is 0 Å². The minimum absolute atomic E-state index is 0.0718. The van der Waals surface area contributed by atoms with Crippen LogP contribution in [0.25, 0.3) is 10.8 Å². The van der Waals surface area contributed by atoms with Gasteiger partial charge in [0.1, 0.15) is 22.9 Å². The number of phenolic OH excluding ortho intramolecular Hbond substituents is 3. The highest BCUT2D eigenvalue weighted by Crippen LogP contribution is 2.45. The number of anilines is 3. The monoisotopic (exact) mass is 668 g/mol. The van der Waals surface area contributed by atoms with Crippen LogP contribution in [0.15, 0.2) is 79.5 Å². The second-order valence-corrected chi connectivity index (χ2v) is 11.4. The van der Waals surface area contributed by atoms with Gasteiger partial charge in [0, 0.05) is 16.7 Å². The molecule has 0 aromatic heterocycles. The summed E-state index contributed by atoms with van der Waals surface area (Å²) in [5, 5.41) is 69.9. The lowest BCUT2D eigenvalue weighted by Gasteiger charge is -2.15. The first-order valence-electron chi connectivity index (χ1n) is 11.6. The van der Waals surface area contributed by atoms with E-state index in [4.69, 9.17) is 10.5 Å². The van der Waals surface area contributed by atoms with E-state index in [1.165, 1.54) is 36.4 Å². The van der Waals surface area contributed by atoms with Crippen LogP contribution in [0.3, 0.4) is 0 Å². The maximum atomic E-state index is 11.9. The minimum Gasteiger partial charge on any atom is -0.507 e. The Morgan fingerprint density at radius 2 is 1.52 bits per heavy atom.